The molecule has 0 saturated heterocycles. The Balaban J connectivity index is 0.000000198. The number of furan rings is 1. The predicted molar refractivity (Wildman–Crippen MR) is 200 cm³/mol. The van der Waals surface area contributed by atoms with E-state index >= 15 is 0 Å². The first kappa shape index (κ1) is 34.7. The van der Waals surface area contributed by atoms with Crippen LogP contribution in [0.4, 0.5) is 0 Å². The van der Waals surface area contributed by atoms with Crippen molar-refractivity contribution in [1.82, 2.24) is 0 Å². The number of aryl methyl sites for hydroxylation is 2. The number of benzene rings is 4. The normalized spacial score (nSPS) is 11.2. The fourth-order valence-electron chi connectivity index (χ4n) is 6.08. The zero-order valence-electron chi connectivity index (χ0n) is 28.4. The van der Waals surface area contributed by atoms with Crippen LogP contribution in [0, 0.1) is 41.8 Å². The fraction of sp³-hybridized carbons (Fsp3) is 0.116. The van der Waals surface area contributed by atoms with Crippen molar-refractivity contribution in [3.8, 4) is 33.6 Å². The molecule has 0 atom stereocenters. The number of hydrogen-bond acceptors (Lipinski definition) is 1. The van der Waals surface area contributed by atoms with Crippen LogP contribution in [0.15, 0.2) is 120 Å². The molecule has 0 fully saturated rings. The van der Waals surface area contributed by atoms with Crippen LogP contribution < -0.4 is 14.3 Å². The van der Waals surface area contributed by atoms with Gasteiger partial charge in [0.25, 0.3) is 0 Å². The van der Waals surface area contributed by atoms with E-state index in [2.05, 4.69) is 146 Å². The average molecular weight is 823 g/mol. The Bertz CT molecular complexity index is 2250. The summed E-state index contributed by atoms with van der Waals surface area (Å²) in [6.45, 7) is 19.6. The number of pyridine rings is 2. The first-order chi connectivity index (χ1) is 22.4. The minimum Gasteiger partial charge on any atom is -0.469 e. The Hall–Kier alpha value is -4.67. The number of nitrogens with zero attached hydrogens (tertiary/aromatic N) is 2. The summed E-state index contributed by atoms with van der Waals surface area (Å²) >= 11 is 0. The first-order valence-corrected chi connectivity index (χ1v) is 19.4. The Morgan fingerprint density at radius 2 is 1.35 bits per heavy atom. The number of fused-ring (bicyclic) bond motifs is 3. The van der Waals surface area contributed by atoms with Gasteiger partial charge in [-0.3, -0.25) is 0 Å². The Morgan fingerprint density at radius 3 is 2.06 bits per heavy atom. The van der Waals surface area contributed by atoms with Crippen molar-refractivity contribution >= 4 is 35.2 Å². The summed E-state index contributed by atoms with van der Waals surface area (Å²) in [6, 6.07) is 35.8. The van der Waals surface area contributed by atoms with Crippen molar-refractivity contribution in [2.24, 2.45) is 0 Å². The van der Waals surface area contributed by atoms with Gasteiger partial charge in [-0.05, 0) is 31.0 Å². The first-order valence-electron chi connectivity index (χ1n) is 15.9. The van der Waals surface area contributed by atoms with Crippen molar-refractivity contribution in [3.05, 3.63) is 166 Å². The van der Waals surface area contributed by atoms with Gasteiger partial charge in [0.1, 0.15) is 5.58 Å². The third-order valence-corrected chi connectivity index (χ3v) is 10.7. The van der Waals surface area contributed by atoms with Crippen LogP contribution >= 0.6 is 0 Å². The second-order valence-corrected chi connectivity index (χ2v) is 18.4. The van der Waals surface area contributed by atoms with E-state index in [1.54, 1.807) is 0 Å². The van der Waals surface area contributed by atoms with Gasteiger partial charge in [-0.25, -0.2) is 0 Å². The molecule has 7 aromatic rings. The van der Waals surface area contributed by atoms with E-state index in [1.165, 1.54) is 27.4 Å². The molecular formula is C43H42IrN2OSi-2. The number of rotatable bonds is 4. The zero-order chi connectivity index (χ0) is 33.5. The molecule has 245 valence electrons. The molecule has 0 spiro atoms. The second-order valence-electron chi connectivity index (χ2n) is 13.4. The van der Waals surface area contributed by atoms with E-state index in [4.69, 9.17) is 4.42 Å². The quantitative estimate of drug-likeness (QED) is 0.0985. The summed E-state index contributed by atoms with van der Waals surface area (Å²) < 4.78 is 10.3. The van der Waals surface area contributed by atoms with Crippen molar-refractivity contribution in [2.75, 3.05) is 0 Å². The summed E-state index contributed by atoms with van der Waals surface area (Å²) in [5, 5.41) is 3.65. The molecule has 48 heavy (non-hydrogen) atoms. The standard InChI is InChI=1S/C26H20NO.C17H22NSi.Ir/c1-17-14-15-27(3)22(16-17)24-18(2)12-13-21-25-20(19-8-5-4-6-9-19)10-7-11-23(25)28-26(21)24;1-13-7-8-14(2)16(11-13)17-10-9-15(12-18(17)3)19(4,5)6;/h4-16H,2-3H2,1H3;7-12H,2-3H2,1,4-6H3;/q2*-1;. The molecule has 0 aliphatic rings. The molecule has 0 aliphatic carbocycles. The van der Waals surface area contributed by atoms with Crippen LogP contribution in [-0.2, 0) is 20.1 Å². The van der Waals surface area contributed by atoms with Crippen molar-refractivity contribution in [3.63, 3.8) is 0 Å². The van der Waals surface area contributed by atoms with Crippen molar-refractivity contribution in [2.45, 2.75) is 33.5 Å². The second kappa shape index (κ2) is 13.8. The molecule has 0 N–H and O–H groups in total. The molecule has 4 aromatic carbocycles. The smallest absolute Gasteiger partial charge is 0.134 e. The zero-order valence-corrected chi connectivity index (χ0v) is 31.8. The molecule has 3 nitrogen and oxygen atoms in total. The van der Waals surface area contributed by atoms with Gasteiger partial charge >= 0.3 is 0 Å². The molecule has 0 saturated carbocycles. The molecule has 0 aliphatic heterocycles. The largest absolute Gasteiger partial charge is 0.469 e. The maximum atomic E-state index is 6.39. The molecular weight excluding hydrogens is 781 g/mol. The van der Waals surface area contributed by atoms with Gasteiger partial charge in [-0.1, -0.05) is 108 Å². The minimum absolute atomic E-state index is 0. The summed E-state index contributed by atoms with van der Waals surface area (Å²) in [5.74, 6) is 0. The average Bonchev–Trinajstić information content (AvgIpc) is 3.43. The van der Waals surface area contributed by atoms with Gasteiger partial charge in [-0.2, -0.15) is 37.1 Å². The third kappa shape index (κ3) is 6.81. The SMILES string of the molecule is [CH2-]c1ccc(C)cc1-c1ccc([Si](C)(C)C)c[n+]1[CH2-].[CH2-]c1ccc2c(oc3cccc(-c4ccccc4)c32)c1-c1cc(C)cc[n+]1[CH2-].[Ir]. The van der Waals surface area contributed by atoms with Crippen LogP contribution in [0.1, 0.15) is 22.3 Å². The molecule has 0 unspecified atom stereocenters. The molecule has 1 radical (unpaired) electrons. The predicted octanol–water partition coefficient (Wildman–Crippen LogP) is 9.65. The fourth-order valence-corrected chi connectivity index (χ4v) is 7.21. The van der Waals surface area contributed by atoms with Crippen LogP contribution in [0.5, 0.6) is 0 Å². The van der Waals surface area contributed by atoms with Gasteiger partial charge in [-0.15, -0.1) is 23.8 Å². The van der Waals surface area contributed by atoms with Crippen molar-refractivity contribution < 1.29 is 33.7 Å². The molecule has 3 aromatic heterocycles. The van der Waals surface area contributed by atoms with E-state index in [0.29, 0.717) is 0 Å². The topological polar surface area (TPSA) is 20.9 Å². The van der Waals surface area contributed by atoms with Gasteiger partial charge in [0.05, 0.1) is 37.4 Å². The van der Waals surface area contributed by atoms with Crippen molar-refractivity contribution in [1.29, 1.82) is 0 Å². The molecule has 0 amide bonds. The Morgan fingerprint density at radius 1 is 0.646 bits per heavy atom. The van der Waals surface area contributed by atoms with E-state index in [0.717, 1.165) is 55.6 Å². The van der Waals surface area contributed by atoms with Crippen LogP contribution in [0.25, 0.3) is 55.6 Å². The third-order valence-electron chi connectivity index (χ3n) is 8.72. The van der Waals surface area contributed by atoms with Gasteiger partial charge in [0.15, 0.2) is 0 Å². The van der Waals surface area contributed by atoms with Crippen LogP contribution in [-0.4, -0.2) is 8.07 Å². The summed E-state index contributed by atoms with van der Waals surface area (Å²) in [4.78, 5) is 0. The van der Waals surface area contributed by atoms with E-state index in [9.17, 15) is 0 Å². The monoisotopic (exact) mass is 823 g/mol. The molecule has 0 bridgehead atoms. The minimum atomic E-state index is -1.29. The van der Waals surface area contributed by atoms with E-state index in [1.807, 2.05) is 39.6 Å². The Labute approximate surface area is 300 Å². The van der Waals surface area contributed by atoms with E-state index in [-0.39, 0.29) is 20.1 Å². The molecule has 5 heteroatoms. The number of hydrogen-bond donors (Lipinski definition) is 0. The number of aromatic nitrogens is 2. The summed E-state index contributed by atoms with van der Waals surface area (Å²) in [7, 11) is 7.02. The van der Waals surface area contributed by atoms with E-state index < -0.39 is 8.07 Å². The Kier molecular flexibility index (Phi) is 9.98. The summed E-state index contributed by atoms with van der Waals surface area (Å²) in [6.07, 6.45) is 4.14. The molecule has 7 rings (SSSR count). The van der Waals surface area contributed by atoms with Crippen LogP contribution in [0.2, 0.25) is 19.6 Å². The van der Waals surface area contributed by atoms with Gasteiger partial charge in [0.2, 0.25) is 0 Å². The van der Waals surface area contributed by atoms with Gasteiger partial charge < -0.3 is 13.6 Å². The molecule has 3 heterocycles. The van der Waals surface area contributed by atoms with Crippen LogP contribution in [0.3, 0.4) is 0 Å². The maximum Gasteiger partial charge on any atom is 0.134 e. The van der Waals surface area contributed by atoms with Gasteiger partial charge in [0, 0.05) is 45.0 Å². The summed E-state index contributed by atoms with van der Waals surface area (Å²) in [5.41, 5.74) is 12.8. The maximum absolute atomic E-state index is 6.39.